The molecular formula is C22H21N7O. The summed E-state index contributed by atoms with van der Waals surface area (Å²) in [4.78, 5) is 29.9. The van der Waals surface area contributed by atoms with Crippen molar-refractivity contribution in [3.8, 4) is 22.5 Å². The van der Waals surface area contributed by atoms with Gasteiger partial charge in [-0.2, -0.15) is 14.6 Å². The molecule has 0 saturated carbocycles. The van der Waals surface area contributed by atoms with E-state index >= 15 is 0 Å². The van der Waals surface area contributed by atoms with Crippen LogP contribution in [0.2, 0.25) is 0 Å². The molecule has 0 radical (unpaired) electrons. The summed E-state index contributed by atoms with van der Waals surface area (Å²) in [5.41, 5.74) is 4.26. The number of aromatic nitrogens is 5. The van der Waals surface area contributed by atoms with E-state index in [1.165, 1.54) is 6.33 Å². The third-order valence-corrected chi connectivity index (χ3v) is 5.45. The minimum absolute atomic E-state index is 0.0768. The van der Waals surface area contributed by atoms with Crippen LogP contribution in [0.4, 0.5) is 0 Å². The molecule has 1 saturated heterocycles. The van der Waals surface area contributed by atoms with Crippen LogP contribution >= 0.6 is 0 Å². The van der Waals surface area contributed by atoms with E-state index in [1.54, 1.807) is 16.9 Å². The molecule has 0 bridgehead atoms. The lowest BCUT2D eigenvalue weighted by atomic mass is 10.1. The Morgan fingerprint density at radius 2 is 1.67 bits per heavy atom. The van der Waals surface area contributed by atoms with Crippen molar-refractivity contribution in [3.05, 3.63) is 66.7 Å². The van der Waals surface area contributed by atoms with Gasteiger partial charge in [0.25, 0.3) is 11.7 Å². The molecule has 4 heterocycles. The van der Waals surface area contributed by atoms with Gasteiger partial charge >= 0.3 is 0 Å². The molecule has 8 nitrogen and oxygen atoms in total. The van der Waals surface area contributed by atoms with Crippen LogP contribution in [0.25, 0.3) is 28.3 Å². The summed E-state index contributed by atoms with van der Waals surface area (Å²) < 4.78 is 1.71. The molecule has 150 valence electrons. The van der Waals surface area contributed by atoms with Gasteiger partial charge in [0.1, 0.15) is 6.33 Å². The van der Waals surface area contributed by atoms with Crippen molar-refractivity contribution in [2.24, 2.45) is 0 Å². The van der Waals surface area contributed by atoms with Crippen LogP contribution in [0.3, 0.4) is 0 Å². The molecule has 0 N–H and O–H groups in total. The lowest BCUT2D eigenvalue weighted by Gasteiger charge is -2.32. The van der Waals surface area contributed by atoms with Crippen LogP contribution in [-0.2, 0) is 0 Å². The van der Waals surface area contributed by atoms with Crippen molar-refractivity contribution in [1.29, 1.82) is 0 Å². The lowest BCUT2D eigenvalue weighted by Crippen LogP contribution is -2.47. The summed E-state index contributed by atoms with van der Waals surface area (Å²) in [5.74, 6) is 0.602. The van der Waals surface area contributed by atoms with Gasteiger partial charge < -0.3 is 9.80 Å². The van der Waals surface area contributed by atoms with E-state index in [9.17, 15) is 4.79 Å². The Kier molecular flexibility index (Phi) is 4.68. The number of carbonyl (C=O) groups is 1. The molecular weight excluding hydrogens is 378 g/mol. The highest BCUT2D eigenvalue weighted by Crippen LogP contribution is 2.25. The minimum Gasteiger partial charge on any atom is -0.336 e. The average Bonchev–Trinajstić information content (AvgIpc) is 3.28. The first-order chi connectivity index (χ1) is 14.7. The van der Waals surface area contributed by atoms with Gasteiger partial charge in [-0.25, -0.2) is 4.98 Å². The maximum Gasteiger partial charge on any atom is 0.253 e. The highest BCUT2D eigenvalue weighted by atomic mass is 16.2. The Bertz CT molecular complexity index is 1180. The molecule has 8 heteroatoms. The van der Waals surface area contributed by atoms with E-state index in [-0.39, 0.29) is 5.91 Å². The SMILES string of the molecule is CN1CCN(C(=O)c2ccc(-c3cc(-c4ccncc4)n4ncnc4n3)cc2)CC1. The molecule has 1 aliphatic heterocycles. The Morgan fingerprint density at radius 3 is 2.40 bits per heavy atom. The van der Waals surface area contributed by atoms with Gasteiger partial charge in [0.2, 0.25) is 0 Å². The zero-order valence-corrected chi connectivity index (χ0v) is 16.6. The highest BCUT2D eigenvalue weighted by molar-refractivity contribution is 5.94. The van der Waals surface area contributed by atoms with Gasteiger partial charge in [-0.3, -0.25) is 9.78 Å². The minimum atomic E-state index is 0.0768. The Hall–Kier alpha value is -3.65. The number of carbonyl (C=O) groups excluding carboxylic acids is 1. The van der Waals surface area contributed by atoms with Crippen molar-refractivity contribution >= 4 is 11.7 Å². The molecule has 1 fully saturated rings. The van der Waals surface area contributed by atoms with Crippen LogP contribution in [0.5, 0.6) is 0 Å². The fourth-order valence-corrected chi connectivity index (χ4v) is 3.66. The maximum atomic E-state index is 12.8. The second-order valence-corrected chi connectivity index (χ2v) is 7.41. The number of rotatable bonds is 3. The van der Waals surface area contributed by atoms with E-state index in [4.69, 9.17) is 0 Å². The van der Waals surface area contributed by atoms with E-state index < -0.39 is 0 Å². The lowest BCUT2D eigenvalue weighted by molar-refractivity contribution is 0.0664. The van der Waals surface area contributed by atoms with Crippen molar-refractivity contribution in [2.45, 2.75) is 0 Å². The number of amides is 1. The topological polar surface area (TPSA) is 79.5 Å². The Labute approximate surface area is 173 Å². The number of piperazine rings is 1. The predicted octanol–water partition coefficient (Wildman–Crippen LogP) is 2.24. The van der Waals surface area contributed by atoms with Crippen molar-refractivity contribution < 1.29 is 4.79 Å². The van der Waals surface area contributed by atoms with E-state index in [0.717, 1.165) is 48.7 Å². The van der Waals surface area contributed by atoms with E-state index in [0.29, 0.717) is 11.3 Å². The molecule has 1 amide bonds. The first-order valence-corrected chi connectivity index (χ1v) is 9.88. The number of hydrogen-bond donors (Lipinski definition) is 0. The molecule has 0 atom stereocenters. The van der Waals surface area contributed by atoms with Gasteiger partial charge in [-0.05, 0) is 37.4 Å². The number of hydrogen-bond acceptors (Lipinski definition) is 6. The highest BCUT2D eigenvalue weighted by Gasteiger charge is 2.20. The Balaban J connectivity index is 1.47. The van der Waals surface area contributed by atoms with E-state index in [2.05, 4.69) is 32.0 Å². The zero-order valence-electron chi connectivity index (χ0n) is 16.6. The van der Waals surface area contributed by atoms with Crippen LogP contribution in [-0.4, -0.2) is 73.5 Å². The summed E-state index contributed by atoms with van der Waals surface area (Å²) in [6.45, 7) is 3.34. The predicted molar refractivity (Wildman–Crippen MR) is 113 cm³/mol. The van der Waals surface area contributed by atoms with Gasteiger partial charge in [-0.15, -0.1) is 0 Å². The quantitative estimate of drug-likeness (QED) is 0.526. The summed E-state index contributed by atoms with van der Waals surface area (Å²) in [5, 5.41) is 4.29. The molecule has 1 aliphatic rings. The van der Waals surface area contributed by atoms with Crippen LogP contribution < -0.4 is 0 Å². The van der Waals surface area contributed by atoms with Crippen LogP contribution in [0.15, 0.2) is 61.2 Å². The van der Waals surface area contributed by atoms with Crippen LogP contribution in [0.1, 0.15) is 10.4 Å². The maximum absolute atomic E-state index is 12.8. The molecule has 4 aromatic rings. The molecule has 30 heavy (non-hydrogen) atoms. The average molecular weight is 399 g/mol. The summed E-state index contributed by atoms with van der Waals surface area (Å²) in [7, 11) is 2.08. The molecule has 0 aliphatic carbocycles. The first-order valence-electron chi connectivity index (χ1n) is 9.88. The van der Waals surface area contributed by atoms with E-state index in [1.807, 2.05) is 47.4 Å². The third kappa shape index (κ3) is 3.42. The molecule has 1 aromatic carbocycles. The van der Waals surface area contributed by atoms with Crippen molar-refractivity contribution in [3.63, 3.8) is 0 Å². The smallest absolute Gasteiger partial charge is 0.253 e. The number of fused-ring (bicyclic) bond motifs is 1. The largest absolute Gasteiger partial charge is 0.336 e. The fraction of sp³-hybridized carbons (Fsp3) is 0.227. The summed E-state index contributed by atoms with van der Waals surface area (Å²) in [6, 6.07) is 13.5. The van der Waals surface area contributed by atoms with Crippen molar-refractivity contribution in [2.75, 3.05) is 33.2 Å². The van der Waals surface area contributed by atoms with Gasteiger partial charge in [-0.1, -0.05) is 12.1 Å². The fourth-order valence-electron chi connectivity index (χ4n) is 3.66. The number of likely N-dealkylation sites (N-methyl/N-ethyl adjacent to an activating group) is 1. The Morgan fingerprint density at radius 1 is 0.933 bits per heavy atom. The second kappa shape index (κ2) is 7.64. The molecule has 0 unspecified atom stereocenters. The standard InChI is InChI=1S/C22H21N7O/c1-27-10-12-28(13-11-27)21(30)18-4-2-16(3-5-18)19-14-20(17-6-8-23-9-7-17)29-22(26-19)24-15-25-29/h2-9,14-15H,10-13H2,1H3. The van der Waals surface area contributed by atoms with Crippen LogP contribution in [0, 0.1) is 0 Å². The second-order valence-electron chi connectivity index (χ2n) is 7.41. The molecule has 5 rings (SSSR count). The van der Waals surface area contributed by atoms with Crippen molar-refractivity contribution in [1.82, 2.24) is 34.4 Å². The number of pyridine rings is 1. The normalized spacial score (nSPS) is 14.9. The summed E-state index contributed by atoms with van der Waals surface area (Å²) >= 11 is 0. The van der Waals surface area contributed by atoms with Gasteiger partial charge in [0, 0.05) is 55.3 Å². The first kappa shape index (κ1) is 18.4. The number of benzene rings is 1. The molecule has 3 aromatic heterocycles. The van der Waals surface area contributed by atoms with Gasteiger partial charge in [0.15, 0.2) is 0 Å². The summed E-state index contributed by atoms with van der Waals surface area (Å²) in [6.07, 6.45) is 4.99. The zero-order chi connectivity index (χ0) is 20.5. The number of nitrogens with zero attached hydrogens (tertiary/aromatic N) is 7. The monoisotopic (exact) mass is 399 g/mol. The van der Waals surface area contributed by atoms with Gasteiger partial charge in [0.05, 0.1) is 11.4 Å². The third-order valence-electron chi connectivity index (χ3n) is 5.45. The molecule has 0 spiro atoms.